The maximum Gasteiger partial charge on any atom is 0.0715 e. The Bertz CT molecular complexity index is 3840. The number of hydrogen-bond donors (Lipinski definition) is 0. The van der Waals surface area contributed by atoms with Gasteiger partial charge in [0.05, 0.1) is 5.41 Å². The fourth-order valence-corrected chi connectivity index (χ4v) is 12.2. The van der Waals surface area contributed by atoms with Gasteiger partial charge in [0.15, 0.2) is 0 Å². The molecule has 374 valence electrons. The fourth-order valence-electron chi connectivity index (χ4n) is 12.2. The van der Waals surface area contributed by atoms with Gasteiger partial charge in [0, 0.05) is 68.2 Å². The summed E-state index contributed by atoms with van der Waals surface area (Å²) in [6.45, 7) is 0. The van der Waals surface area contributed by atoms with Crippen LogP contribution in [-0.4, -0.2) is 0 Å². The summed E-state index contributed by atoms with van der Waals surface area (Å²) >= 11 is 0. The lowest BCUT2D eigenvalue weighted by Crippen LogP contribution is -2.29. The number of benzene rings is 13. The molecule has 4 heteroatoms. The van der Waals surface area contributed by atoms with Crippen molar-refractivity contribution in [3.05, 3.63) is 350 Å². The predicted octanol–water partition coefficient (Wildman–Crippen LogP) is 20.6. The Balaban J connectivity index is 0.958. The summed E-state index contributed by atoms with van der Waals surface area (Å²) in [4.78, 5) is 9.48. The molecule has 0 aliphatic heterocycles. The molecule has 13 aromatic rings. The van der Waals surface area contributed by atoms with Gasteiger partial charge in [0.1, 0.15) is 0 Å². The van der Waals surface area contributed by atoms with Gasteiger partial charge in [-0.05, 0) is 189 Å². The predicted molar refractivity (Wildman–Crippen MR) is 332 cm³/mol. The Kier molecular flexibility index (Phi) is 12.1. The SMILES string of the molecule is c1ccc(N(c2ccccc2)c2ccc(N(c3ccccc3)c3cc4c5c(ccc6cc(N(c7ccccc7)c7ccc(N(c8ccccc8)c8ccccc8)cc7)cc(c65)C4(c4ccccc4)c4ccccc4)c3)cc2)cc1. The number of para-hydroxylation sites is 6. The topological polar surface area (TPSA) is 13.0 Å². The molecule has 0 saturated carbocycles. The van der Waals surface area contributed by atoms with Crippen LogP contribution < -0.4 is 19.6 Å². The van der Waals surface area contributed by atoms with Crippen molar-refractivity contribution in [2.24, 2.45) is 0 Å². The zero-order chi connectivity index (χ0) is 52.5. The molecule has 79 heavy (non-hydrogen) atoms. The Hall–Kier alpha value is -10.4. The summed E-state index contributed by atoms with van der Waals surface area (Å²) < 4.78 is 0. The van der Waals surface area contributed by atoms with Crippen LogP contribution in [0.2, 0.25) is 0 Å². The maximum atomic E-state index is 2.49. The van der Waals surface area contributed by atoms with Crippen LogP contribution in [0.25, 0.3) is 21.5 Å². The van der Waals surface area contributed by atoms with Crippen molar-refractivity contribution in [3.8, 4) is 0 Å². The maximum absolute atomic E-state index is 2.49. The molecule has 0 spiro atoms. The van der Waals surface area contributed by atoms with Crippen LogP contribution in [0.4, 0.5) is 68.2 Å². The van der Waals surface area contributed by atoms with E-state index in [1.54, 1.807) is 0 Å². The monoisotopic (exact) mass is 1010 g/mol. The molecule has 0 saturated heterocycles. The Morgan fingerprint density at radius 1 is 0.177 bits per heavy atom. The van der Waals surface area contributed by atoms with Crippen molar-refractivity contribution < 1.29 is 0 Å². The first kappa shape index (κ1) is 47.1. The Morgan fingerprint density at radius 2 is 0.380 bits per heavy atom. The van der Waals surface area contributed by atoms with E-state index in [9.17, 15) is 0 Å². The minimum absolute atomic E-state index is 0.703. The third-order valence-corrected chi connectivity index (χ3v) is 15.6. The van der Waals surface area contributed by atoms with E-state index in [4.69, 9.17) is 0 Å². The second kappa shape index (κ2) is 20.3. The molecule has 0 bridgehead atoms. The molecule has 0 amide bonds. The Morgan fingerprint density at radius 3 is 0.620 bits per heavy atom. The average Bonchev–Trinajstić information content (AvgIpc) is 4.09. The van der Waals surface area contributed by atoms with E-state index in [1.165, 1.54) is 43.8 Å². The molecule has 0 heterocycles. The van der Waals surface area contributed by atoms with Gasteiger partial charge in [-0.2, -0.15) is 0 Å². The highest BCUT2D eigenvalue weighted by molar-refractivity contribution is 6.18. The van der Waals surface area contributed by atoms with Crippen LogP contribution in [-0.2, 0) is 5.41 Å². The summed E-state index contributed by atoms with van der Waals surface area (Å²) in [7, 11) is 0. The highest BCUT2D eigenvalue weighted by Gasteiger charge is 2.46. The summed E-state index contributed by atoms with van der Waals surface area (Å²) in [5, 5.41) is 4.93. The lowest BCUT2D eigenvalue weighted by molar-refractivity contribution is 0.771. The molecule has 0 unspecified atom stereocenters. The molecule has 4 nitrogen and oxygen atoms in total. The largest absolute Gasteiger partial charge is 0.311 e. The molecule has 0 N–H and O–H groups in total. The van der Waals surface area contributed by atoms with E-state index >= 15 is 0 Å². The average molecular weight is 1010 g/mol. The lowest BCUT2D eigenvalue weighted by Gasteiger charge is -2.36. The first-order chi connectivity index (χ1) is 39.2. The number of hydrogen-bond acceptors (Lipinski definition) is 4. The van der Waals surface area contributed by atoms with Gasteiger partial charge in [-0.25, -0.2) is 0 Å². The second-order valence-corrected chi connectivity index (χ2v) is 20.1. The molecule has 0 atom stereocenters. The number of nitrogens with zero attached hydrogens (tertiary/aromatic N) is 4. The summed E-state index contributed by atoms with van der Waals surface area (Å²) in [6, 6.07) is 119. The quantitative estimate of drug-likeness (QED) is 0.101. The van der Waals surface area contributed by atoms with Crippen molar-refractivity contribution in [2.45, 2.75) is 5.41 Å². The van der Waals surface area contributed by atoms with Gasteiger partial charge in [-0.15, -0.1) is 0 Å². The molecule has 0 fully saturated rings. The molecular formula is C75H54N4. The van der Waals surface area contributed by atoms with E-state index < -0.39 is 5.41 Å². The summed E-state index contributed by atoms with van der Waals surface area (Å²) in [6.07, 6.45) is 0. The standard InChI is InChI=1S/C75H54N4/c1-9-25-57(26-10-1)75(58-27-11-2-12-28-58)71-53-69(78(63-37-21-7-22-38-63)67-47-43-65(44-48-67)76(59-29-13-3-14-30-59)60-31-15-4-16-32-60)51-55-41-42-56-52-70(54-72(75)74(56)73(55)71)79(64-39-23-8-24-40-64)68-49-45-66(46-50-68)77(61-33-17-5-18-34-61)62-35-19-6-20-36-62/h1-54H. The van der Waals surface area contributed by atoms with Gasteiger partial charge in [-0.1, -0.05) is 182 Å². The summed E-state index contributed by atoms with van der Waals surface area (Å²) in [5.74, 6) is 0. The van der Waals surface area contributed by atoms with Crippen LogP contribution in [0, 0.1) is 0 Å². The van der Waals surface area contributed by atoms with Gasteiger partial charge in [0.2, 0.25) is 0 Å². The molecule has 0 radical (unpaired) electrons. The van der Waals surface area contributed by atoms with E-state index in [2.05, 4.69) is 347 Å². The van der Waals surface area contributed by atoms with Gasteiger partial charge < -0.3 is 19.6 Å². The first-order valence-electron chi connectivity index (χ1n) is 27.1. The first-order valence-corrected chi connectivity index (χ1v) is 27.1. The summed E-state index contributed by atoms with van der Waals surface area (Å²) in [5.41, 5.74) is 17.2. The van der Waals surface area contributed by atoms with Crippen LogP contribution >= 0.6 is 0 Å². The lowest BCUT2D eigenvalue weighted by atomic mass is 9.67. The molecule has 1 aliphatic carbocycles. The second-order valence-electron chi connectivity index (χ2n) is 20.1. The van der Waals surface area contributed by atoms with Gasteiger partial charge in [-0.3, -0.25) is 0 Å². The molecule has 13 aromatic carbocycles. The molecular weight excluding hydrogens is 957 g/mol. The third kappa shape index (κ3) is 8.35. The highest BCUT2D eigenvalue weighted by atomic mass is 15.2. The number of anilines is 12. The zero-order valence-corrected chi connectivity index (χ0v) is 43.5. The smallest absolute Gasteiger partial charge is 0.0715 e. The minimum Gasteiger partial charge on any atom is -0.311 e. The Labute approximate surface area is 462 Å². The van der Waals surface area contributed by atoms with Crippen LogP contribution in [0.15, 0.2) is 328 Å². The zero-order valence-electron chi connectivity index (χ0n) is 43.5. The number of rotatable bonds is 14. The van der Waals surface area contributed by atoms with Crippen LogP contribution in [0.3, 0.4) is 0 Å². The fraction of sp³-hybridized carbons (Fsp3) is 0.0133. The molecule has 1 aliphatic rings. The molecule has 14 rings (SSSR count). The van der Waals surface area contributed by atoms with Crippen molar-refractivity contribution in [2.75, 3.05) is 19.6 Å². The van der Waals surface area contributed by atoms with Crippen LogP contribution in [0.5, 0.6) is 0 Å². The van der Waals surface area contributed by atoms with Crippen molar-refractivity contribution in [1.29, 1.82) is 0 Å². The van der Waals surface area contributed by atoms with Gasteiger partial charge >= 0.3 is 0 Å². The van der Waals surface area contributed by atoms with Crippen molar-refractivity contribution in [3.63, 3.8) is 0 Å². The van der Waals surface area contributed by atoms with E-state index in [-0.39, 0.29) is 0 Å². The van der Waals surface area contributed by atoms with Crippen LogP contribution in [0.1, 0.15) is 22.3 Å². The van der Waals surface area contributed by atoms with E-state index in [0.29, 0.717) is 0 Å². The van der Waals surface area contributed by atoms with E-state index in [0.717, 1.165) is 68.2 Å². The van der Waals surface area contributed by atoms with E-state index in [1.807, 2.05) is 0 Å². The third-order valence-electron chi connectivity index (χ3n) is 15.6. The minimum atomic E-state index is -0.703. The molecule has 0 aromatic heterocycles. The normalized spacial score (nSPS) is 12.2. The van der Waals surface area contributed by atoms with Gasteiger partial charge in [0.25, 0.3) is 0 Å². The highest BCUT2D eigenvalue weighted by Crippen LogP contribution is 2.59. The van der Waals surface area contributed by atoms with Crippen molar-refractivity contribution in [1.82, 2.24) is 0 Å². The van der Waals surface area contributed by atoms with Crippen molar-refractivity contribution >= 4 is 89.8 Å².